The Balaban J connectivity index is 1.94. The number of rotatable bonds is 9. The number of carbonyl (C=O) groups excluding carboxylic acids is 2. The van der Waals surface area contributed by atoms with Crippen LogP contribution in [0.2, 0.25) is 0 Å². The molecule has 0 radical (unpaired) electrons. The third-order valence-electron chi connectivity index (χ3n) is 3.95. The van der Waals surface area contributed by atoms with Gasteiger partial charge in [-0.3, -0.25) is 14.5 Å². The van der Waals surface area contributed by atoms with Gasteiger partial charge in [-0.05, 0) is 37.1 Å². The number of hydrogen-bond donors (Lipinski definition) is 1. The lowest BCUT2D eigenvalue weighted by Crippen LogP contribution is -2.39. The number of esters is 1. The molecule has 0 bridgehead atoms. The summed E-state index contributed by atoms with van der Waals surface area (Å²) in [4.78, 5) is 25.8. The van der Waals surface area contributed by atoms with Crippen LogP contribution in [0.25, 0.3) is 0 Å². The average molecular weight is 372 g/mol. The van der Waals surface area contributed by atoms with E-state index in [0.29, 0.717) is 13.1 Å². The molecular weight excluding hydrogens is 347 g/mol. The molecule has 0 aliphatic carbocycles. The molecule has 0 fully saturated rings. The maximum Gasteiger partial charge on any atom is 0.320 e. The number of halogens is 1. The standard InChI is InChI=1S/C21H25FN2O3/c1-3-27-21(26)15-24(13-18-8-10-19(22)11-9-18)14-20(25)23-12-17-6-4-16(2)5-7-17/h4-11H,3,12-15H2,1-2H3,(H,23,25). The highest BCUT2D eigenvalue weighted by Gasteiger charge is 2.16. The first-order valence-electron chi connectivity index (χ1n) is 8.91. The highest BCUT2D eigenvalue weighted by Crippen LogP contribution is 2.07. The first-order chi connectivity index (χ1) is 13.0. The van der Waals surface area contributed by atoms with Crippen LogP contribution in [0.5, 0.6) is 0 Å². The van der Waals surface area contributed by atoms with Gasteiger partial charge in [0.2, 0.25) is 5.91 Å². The predicted octanol–water partition coefficient (Wildman–Crippen LogP) is 2.82. The minimum Gasteiger partial charge on any atom is -0.465 e. The van der Waals surface area contributed by atoms with E-state index in [1.54, 1.807) is 24.0 Å². The van der Waals surface area contributed by atoms with Gasteiger partial charge in [0.15, 0.2) is 0 Å². The summed E-state index contributed by atoms with van der Waals surface area (Å²) in [6.07, 6.45) is 0. The van der Waals surface area contributed by atoms with E-state index < -0.39 is 5.97 Å². The third kappa shape index (κ3) is 7.58. The fraction of sp³-hybridized carbons (Fsp3) is 0.333. The largest absolute Gasteiger partial charge is 0.465 e. The fourth-order valence-electron chi connectivity index (χ4n) is 2.57. The Morgan fingerprint density at radius 1 is 1.00 bits per heavy atom. The van der Waals surface area contributed by atoms with E-state index in [1.807, 2.05) is 31.2 Å². The van der Waals surface area contributed by atoms with Gasteiger partial charge in [0.1, 0.15) is 5.82 Å². The van der Waals surface area contributed by atoms with Crippen molar-refractivity contribution in [3.05, 3.63) is 71.0 Å². The molecule has 0 atom stereocenters. The first-order valence-corrected chi connectivity index (χ1v) is 8.91. The Labute approximate surface area is 159 Å². The quantitative estimate of drug-likeness (QED) is 0.688. The van der Waals surface area contributed by atoms with Crippen LogP contribution in [-0.2, 0) is 27.4 Å². The molecule has 0 heterocycles. The molecular formula is C21H25FN2O3. The van der Waals surface area contributed by atoms with Crippen LogP contribution in [0.1, 0.15) is 23.6 Å². The van der Waals surface area contributed by atoms with Gasteiger partial charge in [0.25, 0.3) is 0 Å². The molecule has 2 aromatic carbocycles. The van der Waals surface area contributed by atoms with Crippen molar-refractivity contribution in [2.75, 3.05) is 19.7 Å². The molecule has 144 valence electrons. The molecule has 0 saturated carbocycles. The molecule has 27 heavy (non-hydrogen) atoms. The van der Waals surface area contributed by atoms with Gasteiger partial charge in [-0.2, -0.15) is 0 Å². The molecule has 0 saturated heterocycles. The Bertz CT molecular complexity index is 745. The van der Waals surface area contributed by atoms with Crippen LogP contribution in [-0.4, -0.2) is 36.5 Å². The monoisotopic (exact) mass is 372 g/mol. The highest BCUT2D eigenvalue weighted by atomic mass is 19.1. The molecule has 0 unspecified atom stereocenters. The summed E-state index contributed by atoms with van der Waals surface area (Å²) in [6.45, 7) is 4.82. The molecule has 2 rings (SSSR count). The van der Waals surface area contributed by atoms with Gasteiger partial charge in [-0.1, -0.05) is 42.0 Å². The number of carbonyl (C=O) groups is 2. The van der Waals surface area contributed by atoms with E-state index >= 15 is 0 Å². The zero-order valence-electron chi connectivity index (χ0n) is 15.7. The highest BCUT2D eigenvalue weighted by molar-refractivity contribution is 5.79. The number of benzene rings is 2. The summed E-state index contributed by atoms with van der Waals surface area (Å²) in [5.74, 6) is -0.917. The van der Waals surface area contributed by atoms with Gasteiger partial charge in [-0.25, -0.2) is 4.39 Å². The van der Waals surface area contributed by atoms with Crippen LogP contribution in [0.15, 0.2) is 48.5 Å². The third-order valence-corrected chi connectivity index (χ3v) is 3.95. The maximum absolute atomic E-state index is 13.1. The van der Waals surface area contributed by atoms with Crippen LogP contribution in [0.3, 0.4) is 0 Å². The molecule has 0 aromatic heterocycles. The van der Waals surface area contributed by atoms with E-state index in [2.05, 4.69) is 5.32 Å². The van der Waals surface area contributed by atoms with Crippen molar-refractivity contribution >= 4 is 11.9 Å². The second kappa shape index (κ2) is 10.4. The summed E-state index contributed by atoms with van der Waals surface area (Å²) >= 11 is 0. The lowest BCUT2D eigenvalue weighted by atomic mass is 10.1. The number of nitrogens with zero attached hydrogens (tertiary/aromatic N) is 1. The maximum atomic E-state index is 13.1. The lowest BCUT2D eigenvalue weighted by molar-refractivity contribution is -0.144. The zero-order chi connectivity index (χ0) is 19.6. The van der Waals surface area contributed by atoms with Gasteiger partial charge in [0, 0.05) is 13.1 Å². The molecule has 5 nitrogen and oxygen atoms in total. The number of nitrogens with one attached hydrogen (secondary N) is 1. The number of hydrogen-bond acceptors (Lipinski definition) is 4. The van der Waals surface area contributed by atoms with Crippen LogP contribution < -0.4 is 5.32 Å². The van der Waals surface area contributed by atoms with Crippen LogP contribution in [0, 0.1) is 12.7 Å². The smallest absolute Gasteiger partial charge is 0.320 e. The fourth-order valence-corrected chi connectivity index (χ4v) is 2.57. The Morgan fingerprint density at radius 3 is 2.26 bits per heavy atom. The van der Waals surface area contributed by atoms with Crippen molar-refractivity contribution in [3.63, 3.8) is 0 Å². The van der Waals surface area contributed by atoms with Crippen molar-refractivity contribution in [1.82, 2.24) is 10.2 Å². The summed E-state index contributed by atoms with van der Waals surface area (Å²) < 4.78 is 18.1. The van der Waals surface area contributed by atoms with Crippen molar-refractivity contribution in [3.8, 4) is 0 Å². The summed E-state index contributed by atoms with van der Waals surface area (Å²) in [5.41, 5.74) is 2.97. The second-order valence-electron chi connectivity index (χ2n) is 6.34. The van der Waals surface area contributed by atoms with E-state index in [1.165, 1.54) is 12.1 Å². The predicted molar refractivity (Wildman–Crippen MR) is 101 cm³/mol. The number of ether oxygens (including phenoxy) is 1. The van der Waals surface area contributed by atoms with E-state index in [4.69, 9.17) is 4.74 Å². The minimum absolute atomic E-state index is 0.0107. The van der Waals surface area contributed by atoms with Gasteiger partial charge in [-0.15, -0.1) is 0 Å². The molecule has 1 amide bonds. The van der Waals surface area contributed by atoms with Crippen molar-refractivity contribution in [2.24, 2.45) is 0 Å². The van der Waals surface area contributed by atoms with Gasteiger partial charge >= 0.3 is 5.97 Å². The molecule has 1 N–H and O–H groups in total. The Kier molecular flexibility index (Phi) is 7.95. The summed E-state index contributed by atoms with van der Waals surface area (Å²) in [5, 5.41) is 2.86. The van der Waals surface area contributed by atoms with Crippen molar-refractivity contribution in [1.29, 1.82) is 0 Å². The summed E-state index contributed by atoms with van der Waals surface area (Å²) in [7, 11) is 0. The van der Waals surface area contributed by atoms with Crippen LogP contribution in [0.4, 0.5) is 4.39 Å². The summed E-state index contributed by atoms with van der Waals surface area (Å²) in [6, 6.07) is 13.9. The average Bonchev–Trinajstić information content (AvgIpc) is 2.63. The van der Waals surface area contributed by atoms with Gasteiger partial charge in [0.05, 0.1) is 19.7 Å². The van der Waals surface area contributed by atoms with Crippen LogP contribution >= 0.6 is 0 Å². The Morgan fingerprint density at radius 2 is 1.63 bits per heavy atom. The molecule has 0 aliphatic rings. The normalized spacial score (nSPS) is 10.7. The molecule has 6 heteroatoms. The molecule has 0 spiro atoms. The van der Waals surface area contributed by atoms with E-state index in [9.17, 15) is 14.0 Å². The SMILES string of the molecule is CCOC(=O)CN(CC(=O)NCc1ccc(C)cc1)Cc1ccc(F)cc1. The first kappa shape index (κ1) is 20.6. The van der Waals surface area contributed by atoms with E-state index in [0.717, 1.165) is 16.7 Å². The number of amides is 1. The second-order valence-corrected chi connectivity index (χ2v) is 6.34. The van der Waals surface area contributed by atoms with Crippen molar-refractivity contribution in [2.45, 2.75) is 26.9 Å². The lowest BCUT2D eigenvalue weighted by Gasteiger charge is -2.21. The topological polar surface area (TPSA) is 58.6 Å². The van der Waals surface area contributed by atoms with Gasteiger partial charge < -0.3 is 10.1 Å². The molecule has 0 aliphatic heterocycles. The molecule has 2 aromatic rings. The minimum atomic E-state index is -0.397. The van der Waals surface area contributed by atoms with Crippen molar-refractivity contribution < 1.29 is 18.7 Å². The Hall–Kier alpha value is -2.73. The zero-order valence-corrected chi connectivity index (χ0v) is 15.7. The number of aryl methyl sites for hydroxylation is 1. The van der Waals surface area contributed by atoms with E-state index in [-0.39, 0.29) is 31.4 Å².